The van der Waals surface area contributed by atoms with Gasteiger partial charge in [-0.05, 0) is 58.3 Å². The Morgan fingerprint density at radius 3 is 2.33 bits per heavy atom. The number of piperidine rings is 1. The second-order valence-electron chi connectivity index (χ2n) is 7.21. The van der Waals surface area contributed by atoms with Crippen molar-refractivity contribution in [3.8, 4) is 0 Å². The number of likely N-dealkylation sites (tertiary alicyclic amines) is 1. The number of nitrogens with zero attached hydrogens (tertiary/aromatic N) is 3. The third-order valence-electron chi connectivity index (χ3n) is 4.86. The summed E-state index contributed by atoms with van der Waals surface area (Å²) in [6, 6.07) is 0. The van der Waals surface area contributed by atoms with E-state index in [0.717, 1.165) is 51.4 Å². The van der Waals surface area contributed by atoms with Gasteiger partial charge in [0.1, 0.15) is 0 Å². The van der Waals surface area contributed by atoms with Gasteiger partial charge in [0, 0.05) is 26.7 Å². The summed E-state index contributed by atoms with van der Waals surface area (Å²) in [4.78, 5) is 8.04. The van der Waals surface area contributed by atoms with Crippen LogP contribution in [-0.4, -0.2) is 81.8 Å². The third-order valence-corrected chi connectivity index (χ3v) is 4.86. The van der Waals surface area contributed by atoms with Gasteiger partial charge in [0.25, 0.3) is 0 Å². The molecule has 9 heteroatoms. The van der Waals surface area contributed by atoms with Crippen molar-refractivity contribution in [3.05, 3.63) is 0 Å². The van der Waals surface area contributed by atoms with Gasteiger partial charge in [0.05, 0.1) is 6.54 Å². The van der Waals surface area contributed by atoms with Crippen molar-refractivity contribution in [1.82, 2.24) is 20.4 Å². The van der Waals surface area contributed by atoms with Crippen molar-refractivity contribution in [3.63, 3.8) is 0 Å². The van der Waals surface area contributed by atoms with E-state index in [1.165, 1.54) is 17.7 Å². The van der Waals surface area contributed by atoms with E-state index in [1.807, 2.05) is 0 Å². The summed E-state index contributed by atoms with van der Waals surface area (Å²) in [7, 11) is 3.88. The lowest BCUT2D eigenvalue weighted by atomic mass is 9.93. The van der Waals surface area contributed by atoms with E-state index in [4.69, 9.17) is 0 Å². The standard InChI is InChI=1S/C18H36F3N5.HI/c1-4-5-11-25(3)14-10-24-17(22-2)23-9-6-16-7-12-26(13-8-16)15-18(19,20)21;/h16H,4-15H2,1-3H3,(H2,22,23,24);1H. The summed E-state index contributed by atoms with van der Waals surface area (Å²) in [5.74, 6) is 1.29. The highest BCUT2D eigenvalue weighted by atomic mass is 127. The lowest BCUT2D eigenvalue weighted by Crippen LogP contribution is -2.43. The number of aliphatic imine (C=N–C) groups is 1. The first kappa shape index (κ1) is 26.7. The zero-order chi connectivity index (χ0) is 19.4. The highest BCUT2D eigenvalue weighted by Crippen LogP contribution is 2.23. The molecule has 27 heavy (non-hydrogen) atoms. The second kappa shape index (κ2) is 14.7. The van der Waals surface area contributed by atoms with Gasteiger partial charge in [-0.1, -0.05) is 13.3 Å². The van der Waals surface area contributed by atoms with Crippen molar-refractivity contribution < 1.29 is 13.2 Å². The number of guanidine groups is 1. The van der Waals surface area contributed by atoms with Crippen molar-refractivity contribution >= 4 is 29.9 Å². The summed E-state index contributed by atoms with van der Waals surface area (Å²) < 4.78 is 37.2. The van der Waals surface area contributed by atoms with Gasteiger partial charge in [-0.3, -0.25) is 9.89 Å². The number of hydrogen-bond donors (Lipinski definition) is 2. The molecule has 1 aliphatic rings. The fraction of sp³-hybridized carbons (Fsp3) is 0.944. The molecule has 0 spiro atoms. The van der Waals surface area contributed by atoms with Crippen molar-refractivity contribution in [2.24, 2.45) is 10.9 Å². The van der Waals surface area contributed by atoms with Crippen LogP contribution in [0.1, 0.15) is 39.0 Å². The first-order valence-electron chi connectivity index (χ1n) is 9.76. The van der Waals surface area contributed by atoms with E-state index in [9.17, 15) is 13.2 Å². The van der Waals surface area contributed by atoms with Gasteiger partial charge < -0.3 is 15.5 Å². The number of halogens is 4. The van der Waals surface area contributed by atoms with Gasteiger partial charge in [-0.25, -0.2) is 0 Å². The number of hydrogen-bond acceptors (Lipinski definition) is 3. The highest BCUT2D eigenvalue weighted by Gasteiger charge is 2.32. The van der Waals surface area contributed by atoms with Gasteiger partial charge >= 0.3 is 6.18 Å². The zero-order valence-corrected chi connectivity index (χ0v) is 19.3. The second-order valence-corrected chi connectivity index (χ2v) is 7.21. The average Bonchev–Trinajstić information content (AvgIpc) is 2.58. The van der Waals surface area contributed by atoms with Crippen LogP contribution < -0.4 is 10.6 Å². The topological polar surface area (TPSA) is 42.9 Å². The largest absolute Gasteiger partial charge is 0.401 e. The quantitative estimate of drug-likeness (QED) is 0.271. The summed E-state index contributed by atoms with van der Waals surface area (Å²) >= 11 is 0. The number of rotatable bonds is 10. The molecule has 0 bridgehead atoms. The number of unbranched alkanes of at least 4 members (excludes halogenated alkanes) is 1. The number of likely N-dealkylation sites (N-methyl/N-ethyl adjacent to an activating group) is 1. The van der Waals surface area contributed by atoms with Crippen LogP contribution in [0, 0.1) is 5.92 Å². The Kier molecular flexibility index (Phi) is 14.5. The van der Waals surface area contributed by atoms with Crippen molar-refractivity contribution in [2.75, 3.05) is 59.9 Å². The van der Waals surface area contributed by atoms with Crippen LogP contribution >= 0.6 is 24.0 Å². The summed E-state index contributed by atoms with van der Waals surface area (Å²) in [6.07, 6.45) is 0.980. The minimum atomic E-state index is -4.09. The molecule has 1 heterocycles. The van der Waals surface area contributed by atoms with Gasteiger partial charge in [0.2, 0.25) is 0 Å². The minimum absolute atomic E-state index is 0. The maximum Gasteiger partial charge on any atom is 0.401 e. The molecule has 162 valence electrons. The molecule has 0 aliphatic carbocycles. The zero-order valence-electron chi connectivity index (χ0n) is 16.9. The molecule has 0 atom stereocenters. The molecule has 0 amide bonds. The third kappa shape index (κ3) is 13.5. The normalized spacial score (nSPS) is 17.1. The molecular weight excluding hydrogens is 470 g/mol. The van der Waals surface area contributed by atoms with E-state index >= 15 is 0 Å². The lowest BCUT2D eigenvalue weighted by Gasteiger charge is -2.32. The summed E-state index contributed by atoms with van der Waals surface area (Å²) in [5.41, 5.74) is 0. The summed E-state index contributed by atoms with van der Waals surface area (Å²) in [5, 5.41) is 6.62. The van der Waals surface area contributed by atoms with Crippen LogP contribution in [0.2, 0.25) is 0 Å². The average molecular weight is 507 g/mol. The molecule has 2 N–H and O–H groups in total. The molecule has 1 fully saturated rings. The fourth-order valence-electron chi connectivity index (χ4n) is 3.21. The first-order valence-corrected chi connectivity index (χ1v) is 9.76. The van der Waals surface area contributed by atoms with E-state index in [1.54, 1.807) is 7.05 Å². The van der Waals surface area contributed by atoms with Gasteiger partial charge in [-0.15, -0.1) is 24.0 Å². The number of alkyl halides is 3. The van der Waals surface area contributed by atoms with E-state index < -0.39 is 12.7 Å². The van der Waals surface area contributed by atoms with Crippen molar-refractivity contribution in [1.29, 1.82) is 0 Å². The smallest absolute Gasteiger partial charge is 0.356 e. The number of nitrogens with one attached hydrogen (secondary N) is 2. The van der Waals surface area contributed by atoms with E-state index in [2.05, 4.69) is 34.5 Å². The Morgan fingerprint density at radius 1 is 1.15 bits per heavy atom. The van der Waals surface area contributed by atoms with Crippen LogP contribution in [0.5, 0.6) is 0 Å². The molecule has 1 rings (SSSR count). The molecule has 0 radical (unpaired) electrons. The van der Waals surface area contributed by atoms with Gasteiger partial charge in [0.15, 0.2) is 5.96 Å². The Labute approximate surface area is 179 Å². The monoisotopic (exact) mass is 507 g/mol. The molecule has 5 nitrogen and oxygen atoms in total. The van der Waals surface area contributed by atoms with Crippen LogP contribution in [0.15, 0.2) is 4.99 Å². The lowest BCUT2D eigenvalue weighted by molar-refractivity contribution is -0.148. The molecule has 0 aromatic heterocycles. The first-order chi connectivity index (χ1) is 12.3. The Bertz CT molecular complexity index is 399. The highest BCUT2D eigenvalue weighted by molar-refractivity contribution is 14.0. The minimum Gasteiger partial charge on any atom is -0.356 e. The van der Waals surface area contributed by atoms with Crippen LogP contribution in [-0.2, 0) is 0 Å². The van der Waals surface area contributed by atoms with Gasteiger partial charge in [-0.2, -0.15) is 13.2 Å². The van der Waals surface area contributed by atoms with Crippen LogP contribution in [0.25, 0.3) is 0 Å². The molecule has 0 saturated carbocycles. The molecular formula is C18H37F3IN5. The molecule has 0 aromatic rings. The molecule has 0 unspecified atom stereocenters. The van der Waals surface area contributed by atoms with E-state index in [0.29, 0.717) is 19.0 Å². The SMILES string of the molecule is CCCCN(C)CCNC(=NC)NCCC1CCN(CC(F)(F)F)CC1.I. The Morgan fingerprint density at radius 2 is 1.78 bits per heavy atom. The van der Waals surface area contributed by atoms with Crippen LogP contribution in [0.4, 0.5) is 13.2 Å². The molecule has 1 aliphatic heterocycles. The predicted octanol–water partition coefficient (Wildman–Crippen LogP) is 3.17. The Hall–Kier alpha value is -0.290. The van der Waals surface area contributed by atoms with Crippen molar-refractivity contribution in [2.45, 2.75) is 45.2 Å². The van der Waals surface area contributed by atoms with Crippen LogP contribution in [0.3, 0.4) is 0 Å². The Balaban J connectivity index is 0.00000676. The molecule has 0 aromatic carbocycles. The summed E-state index contributed by atoms with van der Waals surface area (Å²) in [6.45, 7) is 6.22. The predicted molar refractivity (Wildman–Crippen MR) is 117 cm³/mol. The van der Waals surface area contributed by atoms with E-state index in [-0.39, 0.29) is 24.0 Å². The maximum atomic E-state index is 12.4. The fourth-order valence-corrected chi connectivity index (χ4v) is 3.21. The maximum absolute atomic E-state index is 12.4. The molecule has 1 saturated heterocycles.